The van der Waals surface area contributed by atoms with Crippen molar-refractivity contribution in [2.45, 2.75) is 18.8 Å². The standard InChI is InChI=1S/C12H13F3N2O2/c13-12(14,15)19-10-4-2-9(3-5-10)18-7-8-1-6-11(16)17-8/h2-6,8,17H,1,7,16H2. The first-order valence-electron chi connectivity index (χ1n) is 5.63. The number of halogens is 3. The Morgan fingerprint density at radius 2 is 1.84 bits per heavy atom. The van der Waals surface area contributed by atoms with Crippen LogP contribution in [0.4, 0.5) is 13.2 Å². The molecule has 0 aromatic heterocycles. The van der Waals surface area contributed by atoms with Crippen molar-refractivity contribution in [1.29, 1.82) is 0 Å². The molecule has 2 rings (SSSR count). The molecule has 0 amide bonds. The highest BCUT2D eigenvalue weighted by atomic mass is 19.4. The van der Waals surface area contributed by atoms with Crippen LogP contribution < -0.4 is 20.5 Å². The van der Waals surface area contributed by atoms with Gasteiger partial charge < -0.3 is 20.5 Å². The van der Waals surface area contributed by atoms with Gasteiger partial charge in [-0.05, 0) is 36.8 Å². The minimum Gasteiger partial charge on any atom is -0.491 e. The van der Waals surface area contributed by atoms with Crippen LogP contribution in [0, 0.1) is 0 Å². The van der Waals surface area contributed by atoms with Gasteiger partial charge >= 0.3 is 6.36 Å². The molecule has 1 aromatic rings. The van der Waals surface area contributed by atoms with Gasteiger partial charge in [0.05, 0.1) is 11.9 Å². The van der Waals surface area contributed by atoms with Gasteiger partial charge in [0, 0.05) is 0 Å². The van der Waals surface area contributed by atoms with Crippen molar-refractivity contribution in [2.75, 3.05) is 6.61 Å². The summed E-state index contributed by atoms with van der Waals surface area (Å²) in [6, 6.07) is 5.35. The Labute approximate surface area is 108 Å². The molecule has 7 heteroatoms. The first-order chi connectivity index (χ1) is 8.92. The molecule has 19 heavy (non-hydrogen) atoms. The van der Waals surface area contributed by atoms with Crippen molar-refractivity contribution in [3.05, 3.63) is 36.2 Å². The summed E-state index contributed by atoms with van der Waals surface area (Å²) in [4.78, 5) is 0. The molecule has 104 valence electrons. The van der Waals surface area contributed by atoms with Crippen LogP contribution in [0.5, 0.6) is 11.5 Å². The predicted molar refractivity (Wildman–Crippen MR) is 62.4 cm³/mol. The van der Waals surface area contributed by atoms with Gasteiger partial charge in [-0.2, -0.15) is 0 Å². The Morgan fingerprint density at radius 3 is 2.37 bits per heavy atom. The third kappa shape index (κ3) is 4.27. The molecule has 4 nitrogen and oxygen atoms in total. The topological polar surface area (TPSA) is 56.5 Å². The monoisotopic (exact) mass is 274 g/mol. The maximum absolute atomic E-state index is 12.0. The van der Waals surface area contributed by atoms with E-state index in [1.807, 2.05) is 6.08 Å². The average Bonchev–Trinajstić information content (AvgIpc) is 2.72. The Kier molecular flexibility index (Phi) is 3.73. The van der Waals surface area contributed by atoms with Gasteiger partial charge in [-0.15, -0.1) is 13.2 Å². The van der Waals surface area contributed by atoms with Crippen LogP contribution >= 0.6 is 0 Å². The molecule has 0 fully saturated rings. The largest absolute Gasteiger partial charge is 0.573 e. The van der Waals surface area contributed by atoms with Crippen molar-refractivity contribution in [3.63, 3.8) is 0 Å². The molecule has 1 aromatic carbocycles. The Bertz CT molecular complexity index is 457. The van der Waals surface area contributed by atoms with Gasteiger partial charge in [0.25, 0.3) is 0 Å². The normalized spacial score (nSPS) is 18.7. The third-order valence-electron chi connectivity index (χ3n) is 2.50. The SMILES string of the molecule is NC1=CCC(COc2ccc(OC(F)(F)F)cc2)N1. The molecule has 1 atom stereocenters. The summed E-state index contributed by atoms with van der Waals surface area (Å²) in [6.07, 6.45) is -2.06. The Morgan fingerprint density at radius 1 is 1.21 bits per heavy atom. The summed E-state index contributed by atoms with van der Waals surface area (Å²) < 4.78 is 45.0. The molecule has 0 spiro atoms. The van der Waals surface area contributed by atoms with Gasteiger partial charge in [0.15, 0.2) is 0 Å². The summed E-state index contributed by atoms with van der Waals surface area (Å²) in [7, 11) is 0. The molecule has 3 N–H and O–H groups in total. The van der Waals surface area contributed by atoms with E-state index in [2.05, 4.69) is 10.1 Å². The lowest BCUT2D eigenvalue weighted by Gasteiger charge is -2.14. The van der Waals surface area contributed by atoms with Gasteiger partial charge in [-0.1, -0.05) is 0 Å². The molecule has 1 unspecified atom stereocenters. The van der Waals surface area contributed by atoms with E-state index in [-0.39, 0.29) is 11.8 Å². The zero-order valence-electron chi connectivity index (χ0n) is 9.91. The minimum atomic E-state index is -4.68. The molecule has 1 heterocycles. The van der Waals surface area contributed by atoms with E-state index in [1.54, 1.807) is 0 Å². The molecule has 1 aliphatic rings. The fourth-order valence-corrected chi connectivity index (χ4v) is 1.67. The van der Waals surface area contributed by atoms with Crippen molar-refractivity contribution >= 4 is 0 Å². The zero-order chi connectivity index (χ0) is 13.9. The van der Waals surface area contributed by atoms with E-state index in [1.165, 1.54) is 24.3 Å². The molecule has 0 aliphatic carbocycles. The molecule has 0 radical (unpaired) electrons. The second kappa shape index (κ2) is 5.29. The van der Waals surface area contributed by atoms with Crippen LogP contribution in [0.2, 0.25) is 0 Å². The highest BCUT2D eigenvalue weighted by Crippen LogP contribution is 2.24. The molecule has 0 saturated carbocycles. The number of ether oxygens (including phenoxy) is 2. The predicted octanol–water partition coefficient (Wildman–Crippen LogP) is 2.13. The van der Waals surface area contributed by atoms with Crippen LogP contribution in [0.15, 0.2) is 36.2 Å². The average molecular weight is 274 g/mol. The molecule has 1 aliphatic heterocycles. The maximum Gasteiger partial charge on any atom is 0.573 e. The van der Waals surface area contributed by atoms with Crippen molar-refractivity contribution < 1.29 is 22.6 Å². The maximum atomic E-state index is 12.0. The van der Waals surface area contributed by atoms with E-state index >= 15 is 0 Å². The summed E-state index contributed by atoms with van der Waals surface area (Å²) in [5, 5.41) is 3.01. The van der Waals surface area contributed by atoms with E-state index in [0.717, 1.165) is 6.42 Å². The van der Waals surface area contributed by atoms with Crippen LogP contribution in [-0.4, -0.2) is 19.0 Å². The van der Waals surface area contributed by atoms with Crippen LogP contribution in [-0.2, 0) is 0 Å². The fraction of sp³-hybridized carbons (Fsp3) is 0.333. The number of rotatable bonds is 4. The number of nitrogens with two attached hydrogens (primary N) is 1. The van der Waals surface area contributed by atoms with Gasteiger partial charge in [0.2, 0.25) is 0 Å². The van der Waals surface area contributed by atoms with Crippen LogP contribution in [0.1, 0.15) is 6.42 Å². The van der Waals surface area contributed by atoms with Crippen LogP contribution in [0.3, 0.4) is 0 Å². The summed E-state index contributed by atoms with van der Waals surface area (Å²) >= 11 is 0. The fourth-order valence-electron chi connectivity index (χ4n) is 1.67. The highest BCUT2D eigenvalue weighted by Gasteiger charge is 2.30. The second-order valence-electron chi connectivity index (χ2n) is 4.07. The van der Waals surface area contributed by atoms with E-state index < -0.39 is 6.36 Å². The molecular formula is C12H13F3N2O2. The lowest BCUT2D eigenvalue weighted by molar-refractivity contribution is -0.274. The van der Waals surface area contributed by atoms with Gasteiger partial charge in [-0.3, -0.25) is 0 Å². The quantitative estimate of drug-likeness (QED) is 0.883. The van der Waals surface area contributed by atoms with Crippen molar-refractivity contribution in [2.24, 2.45) is 5.73 Å². The summed E-state index contributed by atoms with van der Waals surface area (Å²) in [5.74, 6) is 0.814. The number of hydrogen-bond donors (Lipinski definition) is 2. The number of alkyl halides is 3. The van der Waals surface area contributed by atoms with E-state index in [9.17, 15) is 13.2 Å². The smallest absolute Gasteiger partial charge is 0.491 e. The van der Waals surface area contributed by atoms with Gasteiger partial charge in [0.1, 0.15) is 18.1 Å². The van der Waals surface area contributed by atoms with Gasteiger partial charge in [-0.25, -0.2) is 0 Å². The lowest BCUT2D eigenvalue weighted by atomic mass is 10.2. The van der Waals surface area contributed by atoms with E-state index in [0.29, 0.717) is 18.2 Å². The number of hydrogen-bond acceptors (Lipinski definition) is 4. The first kappa shape index (κ1) is 13.4. The lowest BCUT2D eigenvalue weighted by Crippen LogP contribution is -2.31. The highest BCUT2D eigenvalue weighted by molar-refractivity contribution is 5.31. The first-order valence-corrected chi connectivity index (χ1v) is 5.63. The Balaban J connectivity index is 1.82. The van der Waals surface area contributed by atoms with Crippen LogP contribution in [0.25, 0.3) is 0 Å². The van der Waals surface area contributed by atoms with Crippen molar-refractivity contribution in [3.8, 4) is 11.5 Å². The van der Waals surface area contributed by atoms with E-state index in [4.69, 9.17) is 10.5 Å². The summed E-state index contributed by atoms with van der Waals surface area (Å²) in [5.41, 5.74) is 5.54. The third-order valence-corrected chi connectivity index (χ3v) is 2.50. The number of nitrogens with one attached hydrogen (secondary N) is 1. The molecule has 0 saturated heterocycles. The molecule has 0 bridgehead atoms. The minimum absolute atomic E-state index is 0.0890. The molecular weight excluding hydrogens is 261 g/mol. The Hall–Kier alpha value is -2.05. The summed E-state index contributed by atoms with van der Waals surface area (Å²) in [6.45, 7) is 0.386. The zero-order valence-corrected chi connectivity index (χ0v) is 9.91. The second-order valence-corrected chi connectivity index (χ2v) is 4.07. The van der Waals surface area contributed by atoms with Crippen molar-refractivity contribution in [1.82, 2.24) is 5.32 Å². The number of benzene rings is 1.